The second-order valence-corrected chi connectivity index (χ2v) is 31.7. The van der Waals surface area contributed by atoms with E-state index in [1.807, 2.05) is 26.2 Å². The molecule has 0 aliphatic heterocycles. The molecule has 64 nitrogen and oxygen atoms in total. The number of hydrogen-bond donors (Lipinski definition) is 25. The lowest BCUT2D eigenvalue weighted by Gasteiger charge is -2.27. The Bertz CT molecular complexity index is 5230. The van der Waals surface area contributed by atoms with Gasteiger partial charge in [0.15, 0.2) is 6.23 Å². The van der Waals surface area contributed by atoms with E-state index >= 15 is 0 Å². The molecule has 0 aromatic carbocycles. The molecule has 8 atom stereocenters. The average Bonchev–Trinajstić information content (AvgIpc) is 1.69. The second kappa shape index (κ2) is 64.3. The molecule has 64 heteroatoms. The lowest BCUT2D eigenvalue weighted by atomic mass is 10.1. The van der Waals surface area contributed by atoms with Crippen LogP contribution in [0.1, 0.15) is 131 Å². The predicted molar refractivity (Wildman–Crippen MR) is 481 cm³/mol. The van der Waals surface area contributed by atoms with Gasteiger partial charge in [-0.1, -0.05) is 0 Å². The Hall–Kier alpha value is -17.2. The summed E-state index contributed by atoms with van der Waals surface area (Å²) in [7, 11) is 0. The molecule has 0 saturated carbocycles. The van der Waals surface area contributed by atoms with Crippen LogP contribution in [0.15, 0.2) is 74.4 Å². The van der Waals surface area contributed by atoms with E-state index in [1.54, 1.807) is 4.90 Å². The van der Waals surface area contributed by atoms with Crippen LogP contribution in [0.2, 0.25) is 0 Å². The third kappa shape index (κ3) is 49.3. The number of aliphatic carboxylic acids is 15. The van der Waals surface area contributed by atoms with Crippen LogP contribution < -0.4 is 53.6 Å². The van der Waals surface area contributed by atoms with Gasteiger partial charge in [-0.2, -0.15) is 0 Å². The van der Waals surface area contributed by atoms with Crippen LogP contribution in [0.3, 0.4) is 0 Å². The molecule has 0 bridgehead atoms. The number of carboxylic acid groups (broad SMARTS) is 15. The fourth-order valence-corrected chi connectivity index (χ4v) is 13.3. The van der Waals surface area contributed by atoms with Gasteiger partial charge in [0.1, 0.15) is 110 Å². The molecule has 1 unspecified atom stereocenters. The minimum Gasteiger partial charge on any atom is -0.481 e. The number of urea groups is 3. The van der Waals surface area contributed by atoms with Crippen LogP contribution >= 0.6 is 0 Å². The minimum absolute atomic E-state index is 0.0157. The van der Waals surface area contributed by atoms with Crippen LogP contribution in [-0.4, -0.2) is 375 Å². The number of ether oxygens (including phenoxy) is 2. The van der Waals surface area contributed by atoms with Crippen molar-refractivity contribution in [3.63, 3.8) is 0 Å². The van der Waals surface area contributed by atoms with E-state index < -0.39 is 226 Å². The van der Waals surface area contributed by atoms with E-state index in [0.29, 0.717) is 42.7 Å². The monoisotopic (exact) mass is 2070 g/mol. The summed E-state index contributed by atoms with van der Waals surface area (Å²) in [6.45, 7) is -1.23. The minimum atomic E-state index is -1.69. The van der Waals surface area contributed by atoms with Gasteiger partial charge >= 0.3 is 108 Å². The van der Waals surface area contributed by atoms with Gasteiger partial charge in [-0.25, -0.2) is 73.1 Å². The van der Waals surface area contributed by atoms with Crippen LogP contribution in [0, 0.1) is 0 Å². The zero-order valence-corrected chi connectivity index (χ0v) is 78.0. The molecule has 6 aromatic heterocycles. The average molecular weight is 2070 g/mol. The lowest BCUT2D eigenvalue weighted by Crippen LogP contribution is -2.51. The normalized spacial score (nSPS) is 12.6. The smallest absolute Gasteiger partial charge is 0.326 e. The second-order valence-electron chi connectivity index (χ2n) is 31.7. The van der Waals surface area contributed by atoms with Crippen molar-refractivity contribution in [2.75, 3.05) is 45.9 Å². The number of nitrogens with two attached hydrogens (primary N) is 1. The first-order valence-electron chi connectivity index (χ1n) is 44.1. The highest BCUT2D eigenvalue weighted by molar-refractivity contribution is 5.89. The van der Waals surface area contributed by atoms with Crippen molar-refractivity contribution in [1.82, 2.24) is 120 Å². The molecule has 0 fully saturated rings. The molecule has 0 radical (unpaired) electrons. The molecule has 6 heterocycles. The summed E-state index contributed by atoms with van der Waals surface area (Å²) in [6, 6.07) is -13.6. The maximum absolute atomic E-state index is 12.8. The van der Waals surface area contributed by atoms with Gasteiger partial charge in [0, 0.05) is 133 Å². The highest BCUT2D eigenvalue weighted by atomic mass is 16.5. The van der Waals surface area contributed by atoms with E-state index in [4.69, 9.17) is 40.7 Å². The van der Waals surface area contributed by atoms with Gasteiger partial charge in [-0.15, -0.1) is 0 Å². The Morgan fingerprint density at radius 3 is 0.856 bits per heavy atom. The van der Waals surface area contributed by atoms with Gasteiger partial charge < -0.3 is 167 Å². The number of rotatable bonds is 72. The summed E-state index contributed by atoms with van der Waals surface area (Å²) in [5.74, 6) is -18.8. The zero-order chi connectivity index (χ0) is 109. The topological polar surface area (TPSA) is 948 Å². The van der Waals surface area contributed by atoms with E-state index in [-0.39, 0.29) is 167 Å². The van der Waals surface area contributed by atoms with E-state index in [0.717, 1.165) is 0 Å². The predicted octanol–water partition coefficient (Wildman–Crippen LogP) is -5.33. The Kier molecular flexibility index (Phi) is 53.3. The largest absolute Gasteiger partial charge is 0.481 e. The number of unbranched alkanes of at least 4 members (excludes halogenated alkanes) is 2. The number of amides is 9. The molecule has 26 N–H and O–H groups in total. The molecule has 0 aliphatic carbocycles. The molecule has 0 spiro atoms. The molecular weight excluding hydrogens is 1960 g/mol. The number of carbonyl (C=O) groups is 22. The zero-order valence-electron chi connectivity index (χ0n) is 78.0. The Balaban J connectivity index is 0.000000456. The fraction of sp³-hybridized carbons (Fsp3) is 0.512. The summed E-state index contributed by atoms with van der Waals surface area (Å²) in [4.78, 5) is 284. The third-order valence-corrected chi connectivity index (χ3v) is 20.3. The SMILES string of the molecule is N[C@@H](CN(Cc1nccn1CC(=O)O)Cc1nccn1CC(=O)O)C(=O)NCCCC[C@H](NC(=O)N[C@@H](CCC(=O)O)C(=O)O)C(=O)O.O=C(O)CC[C@H](NC(=O)N[C@@H](CCCCNC(=O)CCOCCN(Cc1nccn1CC(=O)O)Cc1nccn1CC(=O)O)C(=O)O)C(=O)O.O=COC(CN(Cc1nccn1CC(=O)O)Cc1nccn1CC(=O)O)NC(=O)CC[C@H](NC(=O)N[C@@H](CCC(=O)O)C(=O)O)C(=O)O. The highest BCUT2D eigenvalue weighted by Crippen LogP contribution is 2.17. The molecule has 9 amide bonds. The van der Waals surface area contributed by atoms with Crippen molar-refractivity contribution < 1.29 is 192 Å². The molecule has 146 heavy (non-hydrogen) atoms. The molecule has 6 rings (SSSR count). The molecule has 0 aliphatic rings. The number of nitrogens with one attached hydrogen (secondary N) is 9. The van der Waals surface area contributed by atoms with Crippen LogP contribution in [0.25, 0.3) is 0 Å². The number of carbonyl (C=O) groups excluding carboxylic acids is 7. The van der Waals surface area contributed by atoms with Crippen LogP contribution in [-0.2, 0) is 179 Å². The van der Waals surface area contributed by atoms with Gasteiger partial charge in [-0.05, 0) is 64.2 Å². The van der Waals surface area contributed by atoms with Crippen molar-refractivity contribution in [1.29, 1.82) is 0 Å². The van der Waals surface area contributed by atoms with Gasteiger partial charge in [0.2, 0.25) is 17.7 Å². The Labute approximate surface area is 824 Å². The van der Waals surface area contributed by atoms with E-state index in [9.17, 15) is 157 Å². The van der Waals surface area contributed by atoms with Crippen molar-refractivity contribution in [3.8, 4) is 0 Å². The number of aromatic nitrogens is 12. The first-order valence-corrected chi connectivity index (χ1v) is 44.1. The third-order valence-electron chi connectivity index (χ3n) is 20.3. The number of hydrogen-bond acceptors (Lipinski definition) is 34. The first kappa shape index (κ1) is 121. The lowest BCUT2D eigenvalue weighted by molar-refractivity contribution is -0.142. The van der Waals surface area contributed by atoms with E-state index in [2.05, 4.69) is 56.5 Å². The van der Waals surface area contributed by atoms with Gasteiger partial charge in [0.25, 0.3) is 6.47 Å². The van der Waals surface area contributed by atoms with Gasteiger partial charge in [0.05, 0.1) is 65.1 Å². The first-order chi connectivity index (χ1) is 69.1. The van der Waals surface area contributed by atoms with E-state index in [1.165, 1.54) is 107 Å². The quantitative estimate of drug-likeness (QED) is 0.00963. The van der Waals surface area contributed by atoms with Crippen LogP contribution in [0.5, 0.6) is 0 Å². The molecule has 802 valence electrons. The summed E-state index contributed by atoms with van der Waals surface area (Å²) in [6.07, 6.45) is 13.2. The number of nitrogens with zero attached hydrogens (tertiary/aromatic N) is 15. The summed E-state index contributed by atoms with van der Waals surface area (Å²) < 4.78 is 19.0. The molecular formula is C82H115N25O39. The maximum Gasteiger partial charge on any atom is 0.326 e. The van der Waals surface area contributed by atoms with Gasteiger partial charge in [-0.3, -0.25) is 77.0 Å². The molecule has 0 saturated heterocycles. The fourth-order valence-electron chi connectivity index (χ4n) is 13.3. The number of carboxylic acids is 15. The van der Waals surface area contributed by atoms with Crippen molar-refractivity contribution >= 4 is 132 Å². The van der Waals surface area contributed by atoms with Crippen molar-refractivity contribution in [3.05, 3.63) is 109 Å². The molecule has 6 aromatic rings. The highest BCUT2D eigenvalue weighted by Gasteiger charge is 2.32. The standard InChI is InChI=1S/C29H42N8O13.C27H39N9O12.C26H34N8O14/c38-23(32-7-2-1-3-19(27(45)46)33-29(49)34-20(28(47)48)4-5-24(39)40)6-13-50-14-12-35(15-21-30-8-10-36(21)17-25(41)42)16-22-31-9-11-37(22)18-26(43)44;28-16(11-34(12-19-29-7-9-35(19)14-22(39)40)13-20-30-8-10-36(20)15-23(41)42)24(43)31-6-2-1-3-17(25(44)45)32-27(48)33-18(26(46)47)4-5-21(37)38;35-14-48-20(31-19(36)3-1-15(24(43)44)29-26(47)30-16(25(45)46)2-4-21(37)38)11-32(9-17-27-5-7-33(17)12-22(39)40)10-18-28-6-8-34(18)13-23(41)42/h8-11,19-20H,1-7,12-18H2,(H,32,38)(H,39,40)(H,41,42)(H,43,44)(H,45,46)(H,47,48)(H2,33,34,49);7-10,16-18H,1-6,11-15,28H2,(H,31,43)(H,37,38)(H,39,40)(H,41,42)(H,44,45)(H,46,47)(H2,32,33,48);5-8,14-16,20H,1-4,9-13H2,(H,31,36)(H,37,38)(H,39,40)(H,41,42)(H,43,44)(H,45,46)(H2,29,30,47)/t19-,20-;16-,17-,18-;15-,16-,20?/m000/s1. The number of imidazole rings is 6. The van der Waals surface area contributed by atoms with Crippen molar-refractivity contribution in [2.45, 2.75) is 223 Å². The Morgan fingerprint density at radius 1 is 0.315 bits per heavy atom. The maximum atomic E-state index is 12.8. The summed E-state index contributed by atoms with van der Waals surface area (Å²) in [5, 5.41) is 157. The van der Waals surface area contributed by atoms with Crippen molar-refractivity contribution in [2.24, 2.45) is 5.73 Å². The van der Waals surface area contributed by atoms with Crippen LogP contribution in [0.4, 0.5) is 14.4 Å². The summed E-state index contributed by atoms with van der Waals surface area (Å²) >= 11 is 0. The summed E-state index contributed by atoms with van der Waals surface area (Å²) in [5.41, 5.74) is 6.17. The Morgan fingerprint density at radius 2 is 0.582 bits per heavy atom.